The molecule has 0 amide bonds. The van der Waals surface area contributed by atoms with E-state index in [9.17, 15) is 0 Å². The molecule has 1 saturated heterocycles. The number of aryl methyl sites for hydroxylation is 1. The first kappa shape index (κ1) is 26.0. The number of thiazole rings is 1. The van der Waals surface area contributed by atoms with Crippen molar-refractivity contribution in [3.63, 3.8) is 0 Å². The van der Waals surface area contributed by atoms with Crippen LogP contribution in [0, 0.1) is 12.8 Å². The van der Waals surface area contributed by atoms with Gasteiger partial charge in [0.15, 0.2) is 11.4 Å². The van der Waals surface area contributed by atoms with E-state index in [2.05, 4.69) is 35.6 Å². The molecule has 1 unspecified atom stereocenters. The number of rotatable bonds is 7. The van der Waals surface area contributed by atoms with Crippen molar-refractivity contribution in [1.29, 1.82) is 0 Å². The highest BCUT2D eigenvalue weighted by molar-refractivity contribution is 7.09. The predicted octanol–water partition coefficient (Wildman–Crippen LogP) is 7.07. The van der Waals surface area contributed by atoms with Crippen LogP contribution in [0.4, 0.5) is 0 Å². The van der Waals surface area contributed by atoms with Crippen LogP contribution in [0.3, 0.4) is 0 Å². The van der Waals surface area contributed by atoms with Gasteiger partial charge in [0, 0.05) is 36.1 Å². The third-order valence-electron chi connectivity index (χ3n) is 8.25. The Labute approximate surface area is 242 Å². The third kappa shape index (κ3) is 4.83. The van der Waals surface area contributed by atoms with Crippen LogP contribution in [-0.4, -0.2) is 39.9 Å². The molecule has 0 radical (unpaired) electrons. The monoisotopic (exact) mass is 568 g/mol. The van der Waals surface area contributed by atoms with Crippen LogP contribution in [0.15, 0.2) is 70.1 Å². The minimum Gasteiger partial charge on any atom is -0.496 e. The molecular weight excluding hydrogens is 536 g/mol. The highest BCUT2D eigenvalue weighted by Gasteiger charge is 2.43. The first-order valence-electron chi connectivity index (χ1n) is 14.0. The summed E-state index contributed by atoms with van der Waals surface area (Å²) in [6.45, 7) is 6.01. The fourth-order valence-corrected chi connectivity index (χ4v) is 7.04. The zero-order valence-corrected chi connectivity index (χ0v) is 24.2. The Kier molecular flexibility index (Phi) is 6.63. The quantitative estimate of drug-likeness (QED) is 0.208. The number of fused-ring (bicyclic) bond motifs is 2. The van der Waals surface area contributed by atoms with Gasteiger partial charge in [-0.05, 0) is 57.2 Å². The second-order valence-electron chi connectivity index (χ2n) is 10.9. The predicted molar refractivity (Wildman–Crippen MR) is 159 cm³/mol. The van der Waals surface area contributed by atoms with Crippen LogP contribution < -0.4 is 9.47 Å². The number of hydrogen-bond acceptors (Lipinski definition) is 8. The summed E-state index contributed by atoms with van der Waals surface area (Å²) in [5.41, 5.74) is 5.30. The van der Waals surface area contributed by atoms with Crippen molar-refractivity contribution in [3.05, 3.63) is 82.1 Å². The van der Waals surface area contributed by atoms with E-state index in [0.717, 1.165) is 54.9 Å². The molecule has 0 spiro atoms. The standard InChI is InChI=1S/C32H32N4O4S/c1-20-4-7-22(8-5-20)32(10-12-38-13-11-32)31-33-23(19-41-31)18-39-27-14-24(37-3)15-28-25(27)16-29(40-28)26-17-36-30(34-26)9-6-21(2)35-36/h4-7,9,14-17,19,22H,8,10-13,18H2,1-3H3. The smallest absolute Gasteiger partial charge is 0.155 e. The lowest BCUT2D eigenvalue weighted by Gasteiger charge is -2.41. The van der Waals surface area contributed by atoms with E-state index >= 15 is 0 Å². The molecule has 210 valence electrons. The van der Waals surface area contributed by atoms with Gasteiger partial charge >= 0.3 is 0 Å². The molecule has 1 aliphatic heterocycles. The van der Waals surface area contributed by atoms with Crippen LogP contribution in [-0.2, 0) is 16.8 Å². The number of hydrogen-bond donors (Lipinski definition) is 0. The van der Waals surface area contributed by atoms with Gasteiger partial charge in [-0.2, -0.15) is 5.10 Å². The van der Waals surface area contributed by atoms with Crippen LogP contribution >= 0.6 is 11.3 Å². The summed E-state index contributed by atoms with van der Waals surface area (Å²) in [5, 5.41) is 8.67. The second kappa shape index (κ2) is 10.5. The van der Waals surface area contributed by atoms with Gasteiger partial charge in [-0.1, -0.05) is 23.8 Å². The van der Waals surface area contributed by atoms with Gasteiger partial charge in [-0.15, -0.1) is 11.3 Å². The number of ether oxygens (including phenoxy) is 3. The molecule has 9 heteroatoms. The zero-order chi connectivity index (χ0) is 28.0. The van der Waals surface area contributed by atoms with Crippen LogP contribution in [0.2, 0.25) is 0 Å². The van der Waals surface area contributed by atoms with E-state index in [-0.39, 0.29) is 5.41 Å². The largest absolute Gasteiger partial charge is 0.496 e. The van der Waals surface area contributed by atoms with Crippen molar-refractivity contribution >= 4 is 28.0 Å². The fourth-order valence-electron chi connectivity index (χ4n) is 5.91. The number of imidazole rings is 1. The maximum atomic E-state index is 6.38. The number of allylic oxidation sites excluding steroid dienone is 4. The Balaban J connectivity index is 1.16. The topological polar surface area (TPSA) is 83.9 Å². The maximum Gasteiger partial charge on any atom is 0.155 e. The van der Waals surface area contributed by atoms with Gasteiger partial charge < -0.3 is 18.6 Å². The Morgan fingerprint density at radius 2 is 2.00 bits per heavy atom. The highest BCUT2D eigenvalue weighted by Crippen LogP contribution is 2.46. The molecule has 1 fully saturated rings. The summed E-state index contributed by atoms with van der Waals surface area (Å²) >= 11 is 1.74. The lowest BCUT2D eigenvalue weighted by Crippen LogP contribution is -2.40. The molecule has 1 aromatic carbocycles. The Bertz CT molecular complexity index is 1790. The number of methoxy groups -OCH3 is 1. The van der Waals surface area contributed by atoms with E-state index in [4.69, 9.17) is 28.6 Å². The van der Waals surface area contributed by atoms with Crippen LogP contribution in [0.25, 0.3) is 28.1 Å². The van der Waals surface area contributed by atoms with E-state index < -0.39 is 0 Å². The fraction of sp³-hybridized carbons (Fsp3) is 0.344. The van der Waals surface area contributed by atoms with Crippen molar-refractivity contribution in [1.82, 2.24) is 19.6 Å². The van der Waals surface area contributed by atoms with Crippen LogP contribution in [0.5, 0.6) is 11.5 Å². The first-order chi connectivity index (χ1) is 20.0. The number of aromatic nitrogens is 4. The SMILES string of the molecule is COc1cc(OCc2csc(C3(C4C=CC(C)=CC4)CCOCC3)n2)c2cc(-c3cn4nc(C)ccc4n3)oc2c1. The number of furan rings is 1. The Hall–Kier alpha value is -3.95. The molecule has 1 aliphatic carbocycles. The maximum absolute atomic E-state index is 6.38. The first-order valence-corrected chi connectivity index (χ1v) is 14.8. The van der Waals surface area contributed by atoms with Gasteiger partial charge in [-0.3, -0.25) is 0 Å². The lowest BCUT2D eigenvalue weighted by molar-refractivity contribution is 0.0339. The van der Waals surface area contributed by atoms with Crippen molar-refractivity contribution in [2.24, 2.45) is 5.92 Å². The Morgan fingerprint density at radius 3 is 2.80 bits per heavy atom. The van der Waals surface area contributed by atoms with Crippen LogP contribution in [0.1, 0.15) is 42.6 Å². The van der Waals surface area contributed by atoms with Gasteiger partial charge in [0.2, 0.25) is 0 Å². The molecule has 5 heterocycles. The summed E-state index contributed by atoms with van der Waals surface area (Å²) < 4.78 is 25.7. The van der Waals surface area contributed by atoms with Gasteiger partial charge in [0.05, 0.1) is 35.1 Å². The summed E-state index contributed by atoms with van der Waals surface area (Å²) in [6, 6.07) is 9.62. The number of nitrogens with zero attached hydrogens (tertiary/aromatic N) is 4. The molecule has 7 rings (SSSR count). The van der Waals surface area contributed by atoms with E-state index in [0.29, 0.717) is 41.1 Å². The van der Waals surface area contributed by atoms with Crippen molar-refractivity contribution < 1.29 is 18.6 Å². The number of benzene rings is 1. The summed E-state index contributed by atoms with van der Waals surface area (Å²) in [6.07, 6.45) is 11.8. The van der Waals surface area contributed by atoms with E-state index in [1.165, 1.54) is 10.6 Å². The molecule has 0 N–H and O–H groups in total. The van der Waals surface area contributed by atoms with Gasteiger partial charge in [0.1, 0.15) is 29.4 Å². The zero-order valence-electron chi connectivity index (χ0n) is 23.4. The van der Waals surface area contributed by atoms with Crippen molar-refractivity contribution in [2.75, 3.05) is 20.3 Å². The molecule has 4 aromatic heterocycles. The average Bonchev–Trinajstić information content (AvgIpc) is 3.74. The van der Waals surface area contributed by atoms with Gasteiger partial charge in [-0.25, -0.2) is 14.5 Å². The van der Waals surface area contributed by atoms with Crippen molar-refractivity contribution in [3.8, 4) is 23.0 Å². The normalized spacial score (nSPS) is 18.6. The lowest BCUT2D eigenvalue weighted by atomic mass is 9.67. The summed E-state index contributed by atoms with van der Waals surface area (Å²) in [4.78, 5) is 9.82. The molecule has 41 heavy (non-hydrogen) atoms. The van der Waals surface area contributed by atoms with Gasteiger partial charge in [0.25, 0.3) is 0 Å². The molecule has 2 aliphatic rings. The summed E-state index contributed by atoms with van der Waals surface area (Å²) in [5.74, 6) is 2.41. The van der Waals surface area contributed by atoms with Crippen molar-refractivity contribution in [2.45, 2.75) is 45.1 Å². The summed E-state index contributed by atoms with van der Waals surface area (Å²) in [7, 11) is 1.64. The molecule has 5 aromatic rings. The van der Waals surface area contributed by atoms with E-state index in [1.54, 1.807) is 23.0 Å². The Morgan fingerprint density at radius 1 is 1.12 bits per heavy atom. The molecule has 0 bridgehead atoms. The average molecular weight is 569 g/mol. The molecule has 8 nitrogen and oxygen atoms in total. The molecule has 1 atom stereocenters. The highest BCUT2D eigenvalue weighted by atomic mass is 32.1. The molecular formula is C32H32N4O4S. The second-order valence-corrected chi connectivity index (χ2v) is 11.8. The minimum atomic E-state index is -0.000940. The third-order valence-corrected chi connectivity index (χ3v) is 9.36. The molecule has 0 saturated carbocycles. The van der Waals surface area contributed by atoms with E-state index in [1.807, 2.05) is 43.5 Å². The minimum absolute atomic E-state index is 0.000940.